The molecule has 2 heterocycles. The van der Waals surface area contributed by atoms with Crippen molar-refractivity contribution < 1.29 is 27.5 Å². The van der Waals surface area contributed by atoms with Crippen molar-refractivity contribution >= 4 is 39.2 Å². The molecule has 1 unspecified atom stereocenters. The fraction of sp³-hybridized carbons (Fsp3) is 0.375. The summed E-state index contributed by atoms with van der Waals surface area (Å²) in [4.78, 5) is 26.7. The highest BCUT2D eigenvalue weighted by molar-refractivity contribution is 7.92. The third kappa shape index (κ3) is 5.63. The van der Waals surface area contributed by atoms with Crippen LogP contribution in [0.2, 0.25) is 5.02 Å². The number of amides is 1. The highest BCUT2D eigenvalue weighted by Gasteiger charge is 2.60. The molecular formula is C32H33ClFN3O5S. The van der Waals surface area contributed by atoms with Gasteiger partial charge >= 0.3 is 5.97 Å². The summed E-state index contributed by atoms with van der Waals surface area (Å²) in [5.41, 5.74) is 2.02. The van der Waals surface area contributed by atoms with Gasteiger partial charge in [-0.1, -0.05) is 29.8 Å². The van der Waals surface area contributed by atoms with Crippen LogP contribution in [0, 0.1) is 11.7 Å². The number of hydrogen-bond donors (Lipinski definition) is 2. The first kappa shape index (κ1) is 29.6. The SMILES string of the molecule is O=C(O)CCN1CCC2(CC1)c1cc(C(=O)NCc3ccccc3Cl)ccc1N(S(=O)(=O)c1ccc(F)cc1)C2C1CC1. The van der Waals surface area contributed by atoms with Gasteiger partial charge in [-0.3, -0.25) is 13.9 Å². The Morgan fingerprint density at radius 3 is 2.37 bits per heavy atom. The molecule has 3 aromatic rings. The minimum absolute atomic E-state index is 0.0167. The Labute approximate surface area is 255 Å². The number of aliphatic carboxylic acids is 1. The molecule has 11 heteroatoms. The molecule has 8 nitrogen and oxygen atoms in total. The molecule has 2 fully saturated rings. The standard InChI is InChI=1S/C32H33ClFN3O5S/c33-27-4-2-1-3-23(27)20-35-31(40)22-7-12-28-26(19-22)32(14-17-36(18-15-32)16-13-29(38)39)30(21-5-6-21)37(28)43(41,42)25-10-8-24(34)9-11-25/h1-4,7-12,19,21,30H,5-6,13-18,20H2,(H,35,40)(H,38,39). The summed E-state index contributed by atoms with van der Waals surface area (Å²) in [6, 6.07) is 17.0. The summed E-state index contributed by atoms with van der Waals surface area (Å²) in [6.07, 6.45) is 3.08. The summed E-state index contributed by atoms with van der Waals surface area (Å²) in [6.45, 7) is 1.90. The maximum Gasteiger partial charge on any atom is 0.304 e. The van der Waals surface area contributed by atoms with Gasteiger partial charge in [-0.15, -0.1) is 0 Å². The summed E-state index contributed by atoms with van der Waals surface area (Å²) >= 11 is 6.28. The van der Waals surface area contributed by atoms with Crippen molar-refractivity contribution in [2.75, 3.05) is 23.9 Å². The second-order valence-corrected chi connectivity index (χ2v) is 13.9. The van der Waals surface area contributed by atoms with Crippen molar-refractivity contribution in [1.29, 1.82) is 0 Å². The van der Waals surface area contributed by atoms with Crippen LogP contribution in [0.15, 0.2) is 71.6 Å². The molecule has 0 radical (unpaired) electrons. The molecular weight excluding hydrogens is 593 g/mol. The molecule has 2 aliphatic heterocycles. The van der Waals surface area contributed by atoms with Crippen LogP contribution in [-0.4, -0.2) is 56.0 Å². The fourth-order valence-corrected chi connectivity index (χ4v) is 8.77. The molecule has 1 aliphatic carbocycles. The second-order valence-electron chi connectivity index (χ2n) is 11.7. The number of likely N-dealkylation sites (tertiary alicyclic amines) is 1. The molecule has 226 valence electrons. The van der Waals surface area contributed by atoms with Crippen LogP contribution in [-0.2, 0) is 26.8 Å². The van der Waals surface area contributed by atoms with Gasteiger partial charge < -0.3 is 15.3 Å². The van der Waals surface area contributed by atoms with Crippen LogP contribution in [0.3, 0.4) is 0 Å². The molecule has 1 saturated heterocycles. The van der Waals surface area contributed by atoms with Gasteiger partial charge in [0.05, 0.1) is 23.0 Å². The van der Waals surface area contributed by atoms with Crippen LogP contribution in [0.25, 0.3) is 0 Å². The zero-order valence-electron chi connectivity index (χ0n) is 23.5. The van der Waals surface area contributed by atoms with E-state index in [0.29, 0.717) is 48.7 Å². The van der Waals surface area contributed by atoms with Gasteiger partial charge in [0.2, 0.25) is 0 Å². The second kappa shape index (κ2) is 11.6. The number of anilines is 1. The van der Waals surface area contributed by atoms with E-state index < -0.39 is 27.2 Å². The molecule has 1 atom stereocenters. The Balaban J connectivity index is 1.38. The van der Waals surface area contributed by atoms with E-state index in [1.165, 1.54) is 16.4 Å². The van der Waals surface area contributed by atoms with Gasteiger partial charge in [0.25, 0.3) is 15.9 Å². The molecule has 3 aliphatic rings. The lowest BCUT2D eigenvalue weighted by atomic mass is 9.68. The van der Waals surface area contributed by atoms with Crippen LogP contribution in [0.5, 0.6) is 0 Å². The summed E-state index contributed by atoms with van der Waals surface area (Å²) in [7, 11) is -4.06. The number of piperidine rings is 1. The normalized spacial score (nSPS) is 19.8. The predicted octanol–water partition coefficient (Wildman–Crippen LogP) is 5.20. The van der Waals surface area contributed by atoms with Gasteiger partial charge in [0.15, 0.2) is 0 Å². The number of rotatable bonds is 9. The number of carboxylic acids is 1. The van der Waals surface area contributed by atoms with Gasteiger partial charge in [-0.2, -0.15) is 0 Å². The molecule has 1 amide bonds. The number of halogens is 2. The summed E-state index contributed by atoms with van der Waals surface area (Å²) in [5, 5.41) is 12.7. The third-order valence-electron chi connectivity index (χ3n) is 9.08. The van der Waals surface area contributed by atoms with E-state index in [0.717, 1.165) is 36.1 Å². The quantitative estimate of drug-likeness (QED) is 0.338. The zero-order chi connectivity index (χ0) is 30.4. The van der Waals surface area contributed by atoms with Gasteiger partial charge in [0.1, 0.15) is 5.82 Å². The smallest absolute Gasteiger partial charge is 0.304 e. The van der Waals surface area contributed by atoms with Crippen molar-refractivity contribution in [2.24, 2.45) is 5.92 Å². The van der Waals surface area contributed by atoms with Gasteiger partial charge in [-0.05, 0) is 104 Å². The van der Waals surface area contributed by atoms with Gasteiger partial charge in [0, 0.05) is 29.1 Å². The lowest BCUT2D eigenvalue weighted by Crippen LogP contribution is -2.54. The number of sulfonamides is 1. The van der Waals surface area contributed by atoms with Crippen LogP contribution >= 0.6 is 11.6 Å². The van der Waals surface area contributed by atoms with Crippen LogP contribution in [0.4, 0.5) is 10.1 Å². The van der Waals surface area contributed by atoms with E-state index >= 15 is 0 Å². The Hall–Kier alpha value is -3.47. The molecule has 0 aromatic heterocycles. The molecule has 1 saturated carbocycles. The summed E-state index contributed by atoms with van der Waals surface area (Å²) < 4.78 is 43.8. The molecule has 6 rings (SSSR count). The number of carboxylic acid groups (broad SMARTS) is 1. The first-order valence-electron chi connectivity index (χ1n) is 14.5. The first-order valence-corrected chi connectivity index (χ1v) is 16.3. The molecule has 43 heavy (non-hydrogen) atoms. The number of hydrogen-bond acceptors (Lipinski definition) is 5. The van der Waals surface area contributed by atoms with Crippen molar-refractivity contribution in [3.05, 3.63) is 94.3 Å². The first-order chi connectivity index (χ1) is 20.6. The predicted molar refractivity (Wildman–Crippen MR) is 161 cm³/mol. The number of benzene rings is 3. The number of nitrogens with zero attached hydrogens (tertiary/aromatic N) is 2. The Kier molecular flexibility index (Phi) is 7.95. The molecule has 2 N–H and O–H groups in total. The summed E-state index contributed by atoms with van der Waals surface area (Å²) in [5.74, 6) is -1.52. The van der Waals surface area contributed by atoms with E-state index in [1.54, 1.807) is 18.2 Å². The Bertz CT molecular complexity index is 1650. The van der Waals surface area contributed by atoms with E-state index in [-0.39, 0.29) is 35.7 Å². The van der Waals surface area contributed by atoms with Crippen molar-refractivity contribution in [2.45, 2.75) is 55.0 Å². The van der Waals surface area contributed by atoms with Crippen molar-refractivity contribution in [3.8, 4) is 0 Å². The number of carbonyl (C=O) groups excluding carboxylic acids is 1. The molecule has 3 aromatic carbocycles. The third-order valence-corrected chi connectivity index (χ3v) is 11.3. The average molecular weight is 626 g/mol. The van der Waals surface area contributed by atoms with Crippen molar-refractivity contribution in [1.82, 2.24) is 10.2 Å². The lowest BCUT2D eigenvalue weighted by Gasteiger charge is -2.45. The van der Waals surface area contributed by atoms with Crippen molar-refractivity contribution in [3.63, 3.8) is 0 Å². The molecule has 1 spiro atoms. The number of carbonyl (C=O) groups is 2. The fourth-order valence-electron chi connectivity index (χ4n) is 6.77. The van der Waals surface area contributed by atoms with Crippen LogP contribution < -0.4 is 9.62 Å². The van der Waals surface area contributed by atoms with E-state index in [9.17, 15) is 27.5 Å². The molecule has 0 bridgehead atoms. The Morgan fingerprint density at radius 2 is 1.72 bits per heavy atom. The Morgan fingerprint density at radius 1 is 1.02 bits per heavy atom. The van der Waals surface area contributed by atoms with E-state index in [4.69, 9.17) is 11.6 Å². The number of nitrogens with one attached hydrogen (secondary N) is 1. The topological polar surface area (TPSA) is 107 Å². The average Bonchev–Trinajstić information content (AvgIpc) is 3.80. The minimum Gasteiger partial charge on any atom is -0.481 e. The largest absolute Gasteiger partial charge is 0.481 e. The zero-order valence-corrected chi connectivity index (χ0v) is 25.1. The van der Waals surface area contributed by atoms with E-state index in [2.05, 4.69) is 10.2 Å². The highest BCUT2D eigenvalue weighted by atomic mass is 35.5. The lowest BCUT2D eigenvalue weighted by molar-refractivity contribution is -0.137. The maximum absolute atomic E-state index is 14.3. The monoisotopic (exact) mass is 625 g/mol. The van der Waals surface area contributed by atoms with Crippen LogP contribution in [0.1, 0.15) is 53.6 Å². The highest BCUT2D eigenvalue weighted by Crippen LogP contribution is 2.59. The van der Waals surface area contributed by atoms with Gasteiger partial charge in [-0.25, -0.2) is 12.8 Å². The number of fused-ring (bicyclic) bond motifs is 2. The van der Waals surface area contributed by atoms with E-state index in [1.807, 2.05) is 24.3 Å². The maximum atomic E-state index is 14.3. The minimum atomic E-state index is -4.06.